The normalized spacial score (nSPS) is 10.4. The molecule has 0 radical (unpaired) electrons. The van der Waals surface area contributed by atoms with Crippen molar-refractivity contribution in [2.45, 2.75) is 20.3 Å². The molecular formula is C22H24N2O3. The van der Waals surface area contributed by atoms with Crippen molar-refractivity contribution in [2.75, 3.05) is 24.7 Å². The molecule has 2 rings (SSSR count). The topological polar surface area (TPSA) is 62.6 Å². The first-order valence-corrected chi connectivity index (χ1v) is 9.00. The van der Waals surface area contributed by atoms with E-state index in [1.165, 1.54) is 6.08 Å². The second-order valence-corrected chi connectivity index (χ2v) is 5.63. The predicted octanol–water partition coefficient (Wildman–Crippen LogP) is 4.44. The zero-order chi connectivity index (χ0) is 19.5. The molecular weight excluding hydrogens is 340 g/mol. The van der Waals surface area contributed by atoms with E-state index in [0.717, 1.165) is 22.7 Å². The third-order valence-electron chi connectivity index (χ3n) is 3.80. The zero-order valence-corrected chi connectivity index (χ0v) is 15.7. The van der Waals surface area contributed by atoms with Gasteiger partial charge in [-0.05, 0) is 50.3 Å². The van der Waals surface area contributed by atoms with Crippen LogP contribution in [0.1, 0.15) is 25.8 Å². The maximum Gasteiger partial charge on any atom is 0.251 e. The van der Waals surface area contributed by atoms with Gasteiger partial charge in [0, 0.05) is 23.9 Å². The van der Waals surface area contributed by atoms with Crippen molar-refractivity contribution in [2.24, 2.45) is 0 Å². The summed E-state index contributed by atoms with van der Waals surface area (Å²) < 4.78 is 11.0. The molecule has 0 unspecified atom stereocenters. The van der Waals surface area contributed by atoms with Crippen molar-refractivity contribution >= 4 is 17.7 Å². The minimum absolute atomic E-state index is 0.194. The van der Waals surface area contributed by atoms with Gasteiger partial charge >= 0.3 is 0 Å². The Balaban J connectivity index is 2.20. The van der Waals surface area contributed by atoms with Gasteiger partial charge in [0.15, 0.2) is 0 Å². The van der Waals surface area contributed by atoms with Crippen LogP contribution in [0.5, 0.6) is 11.5 Å². The summed E-state index contributed by atoms with van der Waals surface area (Å²) in [6, 6.07) is 16.9. The third kappa shape index (κ3) is 5.89. The Morgan fingerprint density at radius 2 is 1.78 bits per heavy atom. The maximum atomic E-state index is 12.8. The summed E-state index contributed by atoms with van der Waals surface area (Å²) in [7, 11) is 0. The Labute approximate surface area is 160 Å². The summed E-state index contributed by atoms with van der Waals surface area (Å²) >= 11 is 0. The molecule has 0 atom stereocenters. The van der Waals surface area contributed by atoms with Crippen LogP contribution in [0.3, 0.4) is 0 Å². The van der Waals surface area contributed by atoms with Gasteiger partial charge in [-0.3, -0.25) is 4.79 Å². The fourth-order valence-electron chi connectivity index (χ4n) is 2.57. The van der Waals surface area contributed by atoms with Crippen molar-refractivity contribution < 1.29 is 14.3 Å². The van der Waals surface area contributed by atoms with Gasteiger partial charge in [0.25, 0.3) is 5.91 Å². The van der Waals surface area contributed by atoms with Gasteiger partial charge in [0.05, 0.1) is 25.7 Å². The monoisotopic (exact) mass is 364 g/mol. The van der Waals surface area contributed by atoms with Crippen molar-refractivity contribution in [3.63, 3.8) is 0 Å². The standard InChI is InChI=1S/C22H24N2O3/c1-3-26-20-13-11-19(12-14-20)24(17-7-16-23)22(25)15-10-18-8-5-6-9-21(18)27-4-2/h5-6,8-15H,3-4,7,17H2,1-2H3/b15-10+. The van der Waals surface area contributed by atoms with Gasteiger partial charge in [0.1, 0.15) is 11.5 Å². The summed E-state index contributed by atoms with van der Waals surface area (Å²) in [5, 5.41) is 8.92. The molecule has 0 saturated heterocycles. The Morgan fingerprint density at radius 1 is 1.07 bits per heavy atom. The first-order chi connectivity index (χ1) is 13.2. The summed E-state index contributed by atoms with van der Waals surface area (Å²) in [6.45, 7) is 5.29. The van der Waals surface area contributed by atoms with E-state index in [4.69, 9.17) is 14.7 Å². The van der Waals surface area contributed by atoms with Crippen LogP contribution in [0.25, 0.3) is 6.08 Å². The van der Waals surface area contributed by atoms with E-state index in [9.17, 15) is 4.79 Å². The number of anilines is 1. The number of amides is 1. The number of benzene rings is 2. The second-order valence-electron chi connectivity index (χ2n) is 5.63. The van der Waals surface area contributed by atoms with Crippen LogP contribution in [0.2, 0.25) is 0 Å². The number of carbonyl (C=O) groups is 1. The van der Waals surface area contributed by atoms with E-state index in [1.54, 1.807) is 11.0 Å². The predicted molar refractivity (Wildman–Crippen MR) is 107 cm³/mol. The Morgan fingerprint density at radius 3 is 2.44 bits per heavy atom. The first kappa shape index (κ1) is 20.1. The highest BCUT2D eigenvalue weighted by atomic mass is 16.5. The maximum absolute atomic E-state index is 12.8. The smallest absolute Gasteiger partial charge is 0.251 e. The molecule has 0 saturated carbocycles. The molecule has 0 aliphatic carbocycles. The van der Waals surface area contributed by atoms with E-state index in [0.29, 0.717) is 19.8 Å². The van der Waals surface area contributed by atoms with Gasteiger partial charge in [-0.2, -0.15) is 5.26 Å². The third-order valence-corrected chi connectivity index (χ3v) is 3.80. The van der Waals surface area contributed by atoms with E-state index in [-0.39, 0.29) is 12.3 Å². The largest absolute Gasteiger partial charge is 0.494 e. The zero-order valence-electron chi connectivity index (χ0n) is 15.7. The number of carbonyl (C=O) groups excluding carboxylic acids is 1. The summed E-state index contributed by atoms with van der Waals surface area (Å²) in [6.07, 6.45) is 3.50. The molecule has 0 fully saturated rings. The Kier molecular flexibility index (Phi) is 7.92. The first-order valence-electron chi connectivity index (χ1n) is 9.00. The molecule has 0 N–H and O–H groups in total. The summed E-state index contributed by atoms with van der Waals surface area (Å²) in [5.41, 5.74) is 1.56. The molecule has 140 valence electrons. The highest BCUT2D eigenvalue weighted by molar-refractivity contribution is 6.04. The summed E-state index contributed by atoms with van der Waals surface area (Å²) in [5.74, 6) is 1.28. The minimum atomic E-state index is -0.194. The van der Waals surface area contributed by atoms with Gasteiger partial charge < -0.3 is 14.4 Å². The van der Waals surface area contributed by atoms with Gasteiger partial charge in [0.2, 0.25) is 0 Å². The van der Waals surface area contributed by atoms with E-state index >= 15 is 0 Å². The van der Waals surface area contributed by atoms with Crippen LogP contribution in [0.15, 0.2) is 54.6 Å². The van der Waals surface area contributed by atoms with Crippen LogP contribution in [-0.2, 0) is 4.79 Å². The molecule has 27 heavy (non-hydrogen) atoms. The van der Waals surface area contributed by atoms with E-state index in [1.807, 2.05) is 62.4 Å². The number of nitrogens with zero attached hydrogens (tertiary/aromatic N) is 2. The van der Waals surface area contributed by atoms with E-state index in [2.05, 4.69) is 6.07 Å². The van der Waals surface area contributed by atoms with Crippen LogP contribution < -0.4 is 14.4 Å². The summed E-state index contributed by atoms with van der Waals surface area (Å²) in [4.78, 5) is 14.3. The van der Waals surface area contributed by atoms with Gasteiger partial charge in [-0.15, -0.1) is 0 Å². The average Bonchev–Trinajstić information content (AvgIpc) is 2.69. The van der Waals surface area contributed by atoms with Crippen molar-refractivity contribution in [1.82, 2.24) is 0 Å². The molecule has 0 aliphatic heterocycles. The van der Waals surface area contributed by atoms with Gasteiger partial charge in [-0.25, -0.2) is 0 Å². The van der Waals surface area contributed by atoms with Crippen LogP contribution in [-0.4, -0.2) is 25.7 Å². The van der Waals surface area contributed by atoms with Crippen molar-refractivity contribution in [3.05, 3.63) is 60.2 Å². The fraction of sp³-hybridized carbons (Fsp3) is 0.273. The second kappa shape index (κ2) is 10.7. The SMILES string of the molecule is CCOc1ccc(N(CCC#N)C(=O)/C=C/c2ccccc2OCC)cc1. The molecule has 5 nitrogen and oxygen atoms in total. The lowest BCUT2D eigenvalue weighted by atomic mass is 10.1. The van der Waals surface area contributed by atoms with Crippen LogP contribution in [0.4, 0.5) is 5.69 Å². The fourth-order valence-corrected chi connectivity index (χ4v) is 2.57. The number of hydrogen-bond acceptors (Lipinski definition) is 4. The lowest BCUT2D eigenvalue weighted by Crippen LogP contribution is -2.30. The molecule has 0 aliphatic rings. The average molecular weight is 364 g/mol. The molecule has 5 heteroatoms. The Bertz CT molecular complexity index is 807. The van der Waals surface area contributed by atoms with Crippen LogP contribution in [0, 0.1) is 11.3 Å². The molecule has 0 spiro atoms. The Hall–Kier alpha value is -3.26. The number of para-hydroxylation sites is 1. The molecule has 2 aromatic carbocycles. The molecule has 2 aromatic rings. The van der Waals surface area contributed by atoms with Gasteiger partial charge in [-0.1, -0.05) is 18.2 Å². The number of rotatable bonds is 9. The number of nitriles is 1. The quantitative estimate of drug-likeness (QED) is 0.617. The number of hydrogen-bond donors (Lipinski definition) is 0. The van der Waals surface area contributed by atoms with Crippen molar-refractivity contribution in [1.29, 1.82) is 5.26 Å². The lowest BCUT2D eigenvalue weighted by molar-refractivity contribution is -0.114. The van der Waals surface area contributed by atoms with E-state index < -0.39 is 0 Å². The minimum Gasteiger partial charge on any atom is -0.494 e. The highest BCUT2D eigenvalue weighted by Crippen LogP contribution is 2.22. The molecule has 0 bridgehead atoms. The highest BCUT2D eigenvalue weighted by Gasteiger charge is 2.13. The lowest BCUT2D eigenvalue weighted by Gasteiger charge is -2.20. The number of ether oxygens (including phenoxy) is 2. The van der Waals surface area contributed by atoms with Crippen LogP contribution >= 0.6 is 0 Å². The van der Waals surface area contributed by atoms with Crippen molar-refractivity contribution in [3.8, 4) is 17.6 Å². The molecule has 0 aromatic heterocycles. The molecule has 1 amide bonds. The molecule has 0 heterocycles.